The van der Waals surface area contributed by atoms with Crippen LogP contribution in [0, 0.1) is 13.8 Å². The zero-order valence-electron chi connectivity index (χ0n) is 13.7. The van der Waals surface area contributed by atoms with Crippen LogP contribution < -0.4 is 10.1 Å². The first-order valence-corrected chi connectivity index (χ1v) is 7.38. The molecule has 0 aromatic heterocycles. The van der Waals surface area contributed by atoms with Crippen molar-refractivity contribution < 1.29 is 9.84 Å². The number of aliphatic hydroxyl groups excluding tert-OH is 1. The van der Waals surface area contributed by atoms with Crippen LogP contribution in [0.25, 0.3) is 0 Å². The Morgan fingerprint density at radius 3 is 2.35 bits per heavy atom. The first-order valence-electron chi connectivity index (χ1n) is 7.38. The molecule has 0 saturated carbocycles. The highest BCUT2D eigenvalue weighted by molar-refractivity contribution is 5.33. The molecule has 2 atom stereocenters. The zero-order chi connectivity index (χ0) is 15.3. The topological polar surface area (TPSA) is 41.5 Å². The van der Waals surface area contributed by atoms with E-state index in [4.69, 9.17) is 4.74 Å². The van der Waals surface area contributed by atoms with Gasteiger partial charge in [-0.25, -0.2) is 0 Å². The van der Waals surface area contributed by atoms with E-state index in [0.717, 1.165) is 12.2 Å². The molecule has 2 unspecified atom stereocenters. The maximum atomic E-state index is 9.61. The number of aryl methyl sites for hydroxylation is 2. The first kappa shape index (κ1) is 17.0. The van der Waals surface area contributed by atoms with E-state index in [1.807, 2.05) is 19.9 Å². The lowest BCUT2D eigenvalue weighted by Gasteiger charge is -2.33. The molecule has 114 valence electrons. The summed E-state index contributed by atoms with van der Waals surface area (Å²) in [6, 6.07) is 6.49. The predicted molar refractivity (Wildman–Crippen MR) is 84.4 cm³/mol. The molecule has 0 saturated heterocycles. The fourth-order valence-electron chi connectivity index (χ4n) is 2.56. The van der Waals surface area contributed by atoms with Crippen LogP contribution in [0.3, 0.4) is 0 Å². The summed E-state index contributed by atoms with van der Waals surface area (Å²) in [7, 11) is 0. The van der Waals surface area contributed by atoms with Gasteiger partial charge in [0.2, 0.25) is 0 Å². The lowest BCUT2D eigenvalue weighted by atomic mass is 9.94. The third kappa shape index (κ3) is 5.14. The van der Waals surface area contributed by atoms with E-state index < -0.39 is 0 Å². The minimum atomic E-state index is -0.312. The van der Waals surface area contributed by atoms with Crippen molar-refractivity contribution in [3.8, 4) is 5.75 Å². The van der Waals surface area contributed by atoms with Crippen molar-refractivity contribution >= 4 is 0 Å². The van der Waals surface area contributed by atoms with E-state index in [1.165, 1.54) is 11.1 Å². The SMILES string of the molecule is Cc1ccc(OC(C)CC(C)(CO)NC(C)C)cc1C. The minimum Gasteiger partial charge on any atom is -0.491 e. The number of hydrogen-bond acceptors (Lipinski definition) is 3. The lowest BCUT2D eigenvalue weighted by Crippen LogP contribution is -2.51. The van der Waals surface area contributed by atoms with Gasteiger partial charge in [0.25, 0.3) is 0 Å². The van der Waals surface area contributed by atoms with Gasteiger partial charge in [0.05, 0.1) is 12.7 Å². The van der Waals surface area contributed by atoms with Crippen LogP contribution in [0.2, 0.25) is 0 Å². The van der Waals surface area contributed by atoms with Gasteiger partial charge >= 0.3 is 0 Å². The summed E-state index contributed by atoms with van der Waals surface area (Å²) >= 11 is 0. The van der Waals surface area contributed by atoms with E-state index >= 15 is 0 Å². The molecule has 0 radical (unpaired) electrons. The molecular formula is C17H29NO2. The van der Waals surface area contributed by atoms with Gasteiger partial charge < -0.3 is 15.2 Å². The Kier molecular flexibility index (Phi) is 6.03. The van der Waals surface area contributed by atoms with Crippen LogP contribution in [0.15, 0.2) is 18.2 Å². The third-order valence-electron chi connectivity index (χ3n) is 3.54. The number of aliphatic hydroxyl groups is 1. The highest BCUT2D eigenvalue weighted by Crippen LogP contribution is 2.21. The Bertz CT molecular complexity index is 431. The quantitative estimate of drug-likeness (QED) is 0.805. The molecule has 2 N–H and O–H groups in total. The summed E-state index contributed by atoms with van der Waals surface area (Å²) in [4.78, 5) is 0. The Hall–Kier alpha value is -1.06. The summed E-state index contributed by atoms with van der Waals surface area (Å²) in [5.41, 5.74) is 2.19. The van der Waals surface area contributed by atoms with Gasteiger partial charge in [0.15, 0.2) is 0 Å². The highest BCUT2D eigenvalue weighted by Gasteiger charge is 2.27. The van der Waals surface area contributed by atoms with Crippen LogP contribution in [0.4, 0.5) is 0 Å². The number of hydrogen-bond donors (Lipinski definition) is 2. The van der Waals surface area contributed by atoms with Gasteiger partial charge in [-0.3, -0.25) is 0 Å². The van der Waals surface area contributed by atoms with Gasteiger partial charge in [-0.15, -0.1) is 0 Å². The maximum Gasteiger partial charge on any atom is 0.119 e. The van der Waals surface area contributed by atoms with Crippen molar-refractivity contribution in [3.05, 3.63) is 29.3 Å². The summed E-state index contributed by atoms with van der Waals surface area (Å²) < 4.78 is 5.98. The summed E-state index contributed by atoms with van der Waals surface area (Å²) in [6.07, 6.45) is 0.801. The fourth-order valence-corrected chi connectivity index (χ4v) is 2.56. The van der Waals surface area contributed by atoms with Crippen molar-refractivity contribution in [2.24, 2.45) is 0 Å². The van der Waals surface area contributed by atoms with Crippen LogP contribution in [0.1, 0.15) is 45.2 Å². The van der Waals surface area contributed by atoms with Crippen molar-refractivity contribution in [1.29, 1.82) is 0 Å². The molecule has 0 fully saturated rings. The maximum absolute atomic E-state index is 9.61. The number of ether oxygens (including phenoxy) is 1. The van der Waals surface area contributed by atoms with E-state index in [0.29, 0.717) is 6.04 Å². The number of nitrogens with one attached hydrogen (secondary N) is 1. The minimum absolute atomic E-state index is 0.0421. The molecule has 0 aliphatic carbocycles. The fraction of sp³-hybridized carbons (Fsp3) is 0.647. The summed E-state index contributed by atoms with van der Waals surface area (Å²) in [6.45, 7) is 12.5. The second kappa shape index (κ2) is 7.09. The molecule has 0 bridgehead atoms. The number of rotatable bonds is 7. The normalized spacial score (nSPS) is 16.0. The van der Waals surface area contributed by atoms with Gasteiger partial charge in [-0.1, -0.05) is 19.9 Å². The average molecular weight is 279 g/mol. The predicted octanol–water partition coefficient (Wildman–Crippen LogP) is 3.21. The monoisotopic (exact) mass is 279 g/mol. The molecule has 20 heavy (non-hydrogen) atoms. The second-order valence-corrected chi connectivity index (χ2v) is 6.40. The van der Waals surface area contributed by atoms with Gasteiger partial charge in [0.1, 0.15) is 5.75 Å². The molecular weight excluding hydrogens is 250 g/mol. The number of benzene rings is 1. The van der Waals surface area contributed by atoms with Gasteiger partial charge in [-0.05, 0) is 51.0 Å². The molecule has 0 amide bonds. The molecule has 1 rings (SSSR count). The second-order valence-electron chi connectivity index (χ2n) is 6.40. The standard InChI is InChI=1S/C17H29NO2/c1-12(2)18-17(6,11-19)10-15(5)20-16-8-7-13(3)14(4)9-16/h7-9,12,15,18-19H,10-11H2,1-6H3. The summed E-state index contributed by atoms with van der Waals surface area (Å²) in [5, 5.41) is 13.0. The van der Waals surface area contributed by atoms with Crippen LogP contribution >= 0.6 is 0 Å². The molecule has 0 heterocycles. The van der Waals surface area contributed by atoms with E-state index in [1.54, 1.807) is 0 Å². The highest BCUT2D eigenvalue weighted by atomic mass is 16.5. The Morgan fingerprint density at radius 1 is 1.20 bits per heavy atom. The van der Waals surface area contributed by atoms with E-state index in [2.05, 4.69) is 45.1 Å². The largest absolute Gasteiger partial charge is 0.491 e. The van der Waals surface area contributed by atoms with Gasteiger partial charge in [0, 0.05) is 18.0 Å². The molecule has 0 aliphatic rings. The third-order valence-corrected chi connectivity index (χ3v) is 3.54. The first-order chi connectivity index (χ1) is 9.25. The Labute approximate surface area is 123 Å². The van der Waals surface area contributed by atoms with Gasteiger partial charge in [-0.2, -0.15) is 0 Å². The van der Waals surface area contributed by atoms with E-state index in [-0.39, 0.29) is 18.2 Å². The van der Waals surface area contributed by atoms with Crippen molar-refractivity contribution in [2.45, 2.75) is 65.6 Å². The van der Waals surface area contributed by atoms with Crippen LogP contribution in [0.5, 0.6) is 5.75 Å². The lowest BCUT2D eigenvalue weighted by molar-refractivity contribution is 0.104. The van der Waals surface area contributed by atoms with E-state index in [9.17, 15) is 5.11 Å². The molecule has 1 aromatic carbocycles. The van der Waals surface area contributed by atoms with Crippen LogP contribution in [-0.2, 0) is 0 Å². The molecule has 0 aliphatic heterocycles. The molecule has 3 heteroatoms. The molecule has 3 nitrogen and oxygen atoms in total. The van der Waals surface area contributed by atoms with Crippen molar-refractivity contribution in [3.63, 3.8) is 0 Å². The average Bonchev–Trinajstić information content (AvgIpc) is 2.32. The molecule has 1 aromatic rings. The summed E-state index contributed by atoms with van der Waals surface area (Å²) in [5.74, 6) is 0.894. The smallest absolute Gasteiger partial charge is 0.119 e. The van der Waals surface area contributed by atoms with Crippen LogP contribution in [-0.4, -0.2) is 29.4 Å². The van der Waals surface area contributed by atoms with Crippen molar-refractivity contribution in [2.75, 3.05) is 6.61 Å². The molecule has 0 spiro atoms. The Morgan fingerprint density at radius 2 is 1.85 bits per heavy atom. The van der Waals surface area contributed by atoms with Crippen molar-refractivity contribution in [1.82, 2.24) is 5.32 Å². The Balaban J connectivity index is 2.65. The zero-order valence-corrected chi connectivity index (χ0v) is 13.7.